The first-order chi connectivity index (χ1) is 14.2. The lowest BCUT2D eigenvalue weighted by atomic mass is 9.79. The summed E-state index contributed by atoms with van der Waals surface area (Å²) in [5.74, 6) is 2.88. The van der Waals surface area contributed by atoms with Crippen molar-refractivity contribution < 1.29 is 9.47 Å². The fourth-order valence-electron chi connectivity index (χ4n) is 5.24. The second-order valence-electron chi connectivity index (χ2n) is 8.56. The Morgan fingerprint density at radius 2 is 1.86 bits per heavy atom. The lowest BCUT2D eigenvalue weighted by Crippen LogP contribution is -2.44. The molecule has 6 heteroatoms. The van der Waals surface area contributed by atoms with Gasteiger partial charge in [-0.15, -0.1) is 0 Å². The number of methoxy groups -OCH3 is 2. The summed E-state index contributed by atoms with van der Waals surface area (Å²) in [4.78, 5) is 9.79. The number of aromatic nitrogens is 2. The summed E-state index contributed by atoms with van der Waals surface area (Å²) in [5, 5.41) is 0. The van der Waals surface area contributed by atoms with Gasteiger partial charge in [-0.25, -0.2) is 4.98 Å². The van der Waals surface area contributed by atoms with Crippen LogP contribution in [0.5, 0.6) is 11.5 Å². The quantitative estimate of drug-likeness (QED) is 0.715. The van der Waals surface area contributed by atoms with Crippen LogP contribution in [-0.4, -0.2) is 59.7 Å². The van der Waals surface area contributed by atoms with Crippen LogP contribution < -0.4 is 9.47 Å². The molecule has 6 nitrogen and oxygen atoms in total. The number of para-hydroxylation sites is 1. The predicted molar refractivity (Wildman–Crippen MR) is 114 cm³/mol. The molecule has 1 atom stereocenters. The molecule has 0 unspecified atom stereocenters. The Kier molecular flexibility index (Phi) is 6.11. The third-order valence-corrected chi connectivity index (χ3v) is 6.64. The number of benzene rings is 1. The molecule has 3 heterocycles. The van der Waals surface area contributed by atoms with Gasteiger partial charge >= 0.3 is 0 Å². The maximum absolute atomic E-state index is 5.65. The van der Waals surface area contributed by atoms with E-state index in [2.05, 4.69) is 44.6 Å². The SMILES string of the molecule is CCn1ccnc1CN1CC[C@@]2(CCCN(Cc3cccc(OC)c3OC)C2)C1. The normalized spacial score (nSPS) is 23.0. The van der Waals surface area contributed by atoms with Crippen LogP contribution in [-0.2, 0) is 19.6 Å². The van der Waals surface area contributed by atoms with Gasteiger partial charge in [-0.05, 0) is 50.8 Å². The number of piperidine rings is 1. The highest BCUT2D eigenvalue weighted by molar-refractivity contribution is 5.46. The number of aryl methyl sites for hydroxylation is 1. The minimum atomic E-state index is 0.411. The molecule has 1 spiro atoms. The van der Waals surface area contributed by atoms with E-state index in [1.165, 1.54) is 43.7 Å². The molecule has 2 aliphatic heterocycles. The molecule has 0 radical (unpaired) electrons. The summed E-state index contributed by atoms with van der Waals surface area (Å²) >= 11 is 0. The number of nitrogens with zero attached hydrogens (tertiary/aromatic N) is 4. The van der Waals surface area contributed by atoms with Gasteiger partial charge in [0.1, 0.15) is 5.82 Å². The fourth-order valence-corrected chi connectivity index (χ4v) is 5.24. The van der Waals surface area contributed by atoms with Crippen molar-refractivity contribution in [1.82, 2.24) is 19.4 Å². The summed E-state index contributed by atoms with van der Waals surface area (Å²) in [6, 6.07) is 6.19. The van der Waals surface area contributed by atoms with Crippen LogP contribution in [0.4, 0.5) is 0 Å². The molecule has 4 rings (SSSR count). The first kappa shape index (κ1) is 20.2. The summed E-state index contributed by atoms with van der Waals surface area (Å²) in [6.45, 7) is 9.72. The Bertz CT molecular complexity index is 821. The van der Waals surface area contributed by atoms with E-state index < -0.39 is 0 Å². The molecule has 2 saturated heterocycles. The molecule has 0 saturated carbocycles. The van der Waals surface area contributed by atoms with Crippen LogP contribution in [0.2, 0.25) is 0 Å². The molecule has 0 bridgehead atoms. The van der Waals surface area contributed by atoms with Gasteiger partial charge in [0.05, 0.1) is 20.8 Å². The van der Waals surface area contributed by atoms with E-state index in [9.17, 15) is 0 Å². The molecule has 2 aliphatic rings. The maximum Gasteiger partial charge on any atom is 0.165 e. The van der Waals surface area contributed by atoms with Gasteiger partial charge < -0.3 is 14.0 Å². The highest BCUT2D eigenvalue weighted by Crippen LogP contribution is 2.40. The van der Waals surface area contributed by atoms with E-state index in [-0.39, 0.29) is 0 Å². The number of imidazole rings is 1. The average Bonchev–Trinajstić information content (AvgIpc) is 3.34. The van der Waals surface area contributed by atoms with Gasteiger partial charge in [-0.1, -0.05) is 12.1 Å². The first-order valence-electron chi connectivity index (χ1n) is 10.8. The topological polar surface area (TPSA) is 42.8 Å². The second kappa shape index (κ2) is 8.76. The first-order valence-corrected chi connectivity index (χ1v) is 10.8. The zero-order valence-corrected chi connectivity index (χ0v) is 18.1. The molecule has 0 N–H and O–H groups in total. The summed E-state index contributed by atoms with van der Waals surface area (Å²) in [7, 11) is 3.43. The predicted octanol–water partition coefficient (Wildman–Crippen LogP) is 3.41. The summed E-state index contributed by atoms with van der Waals surface area (Å²) < 4.78 is 13.4. The number of hydrogen-bond acceptors (Lipinski definition) is 5. The molecule has 2 aromatic rings. The molecule has 0 aliphatic carbocycles. The molecule has 0 amide bonds. The van der Waals surface area contributed by atoms with E-state index in [4.69, 9.17) is 9.47 Å². The number of rotatable bonds is 7. The Morgan fingerprint density at radius 3 is 2.62 bits per heavy atom. The number of likely N-dealkylation sites (tertiary alicyclic amines) is 2. The molecule has 29 heavy (non-hydrogen) atoms. The van der Waals surface area contributed by atoms with Gasteiger partial charge in [0.2, 0.25) is 0 Å². The van der Waals surface area contributed by atoms with Crippen molar-refractivity contribution in [3.8, 4) is 11.5 Å². The van der Waals surface area contributed by atoms with Crippen molar-refractivity contribution in [2.75, 3.05) is 40.4 Å². The van der Waals surface area contributed by atoms with Gasteiger partial charge in [0, 0.05) is 44.1 Å². The van der Waals surface area contributed by atoms with E-state index >= 15 is 0 Å². The minimum absolute atomic E-state index is 0.411. The maximum atomic E-state index is 5.65. The Balaban J connectivity index is 1.41. The summed E-state index contributed by atoms with van der Waals surface area (Å²) in [6.07, 6.45) is 7.90. The second-order valence-corrected chi connectivity index (χ2v) is 8.56. The van der Waals surface area contributed by atoms with Crippen LogP contribution in [0, 0.1) is 5.41 Å². The van der Waals surface area contributed by atoms with E-state index in [0.717, 1.165) is 44.2 Å². The highest BCUT2D eigenvalue weighted by atomic mass is 16.5. The lowest BCUT2D eigenvalue weighted by Gasteiger charge is -2.40. The van der Waals surface area contributed by atoms with Crippen LogP contribution in [0.1, 0.15) is 37.6 Å². The fraction of sp³-hybridized carbons (Fsp3) is 0.609. The van der Waals surface area contributed by atoms with Crippen molar-refractivity contribution in [1.29, 1.82) is 0 Å². The zero-order valence-electron chi connectivity index (χ0n) is 18.1. The van der Waals surface area contributed by atoms with Crippen molar-refractivity contribution in [2.24, 2.45) is 5.41 Å². The standard InChI is InChI=1S/C23H34N4O2/c1-4-27-14-11-24-21(27)16-26-13-10-23(18-26)9-6-12-25(17-23)15-19-7-5-8-20(28-2)22(19)29-3/h5,7-8,11,14H,4,6,9-10,12-13,15-18H2,1-3H3/t23-/m1/s1. The Labute approximate surface area is 174 Å². The molecule has 1 aromatic carbocycles. The van der Waals surface area contributed by atoms with Gasteiger partial charge in [0.25, 0.3) is 0 Å². The van der Waals surface area contributed by atoms with E-state index in [0.29, 0.717) is 5.41 Å². The van der Waals surface area contributed by atoms with Crippen molar-refractivity contribution in [3.05, 3.63) is 42.0 Å². The van der Waals surface area contributed by atoms with Gasteiger partial charge in [0.15, 0.2) is 11.5 Å². The minimum Gasteiger partial charge on any atom is -0.493 e. The van der Waals surface area contributed by atoms with Crippen LogP contribution in [0.15, 0.2) is 30.6 Å². The number of hydrogen-bond donors (Lipinski definition) is 0. The monoisotopic (exact) mass is 398 g/mol. The Morgan fingerprint density at radius 1 is 1.03 bits per heavy atom. The average molecular weight is 399 g/mol. The van der Waals surface area contributed by atoms with E-state index in [1.807, 2.05) is 12.3 Å². The smallest absolute Gasteiger partial charge is 0.165 e. The van der Waals surface area contributed by atoms with Crippen LogP contribution in [0.25, 0.3) is 0 Å². The number of ether oxygens (including phenoxy) is 2. The van der Waals surface area contributed by atoms with Crippen molar-refractivity contribution in [3.63, 3.8) is 0 Å². The zero-order chi connectivity index (χ0) is 20.3. The van der Waals surface area contributed by atoms with E-state index in [1.54, 1.807) is 14.2 Å². The van der Waals surface area contributed by atoms with Gasteiger partial charge in [-0.3, -0.25) is 9.80 Å². The third-order valence-electron chi connectivity index (χ3n) is 6.64. The molecular weight excluding hydrogens is 364 g/mol. The van der Waals surface area contributed by atoms with Crippen molar-refractivity contribution >= 4 is 0 Å². The summed E-state index contributed by atoms with van der Waals surface area (Å²) in [5.41, 5.74) is 1.62. The molecular formula is C23H34N4O2. The lowest BCUT2D eigenvalue weighted by molar-refractivity contribution is 0.0855. The molecule has 158 valence electrons. The van der Waals surface area contributed by atoms with Crippen LogP contribution >= 0.6 is 0 Å². The largest absolute Gasteiger partial charge is 0.493 e. The molecule has 2 fully saturated rings. The van der Waals surface area contributed by atoms with Crippen LogP contribution in [0.3, 0.4) is 0 Å². The third kappa shape index (κ3) is 4.28. The van der Waals surface area contributed by atoms with Gasteiger partial charge in [-0.2, -0.15) is 0 Å². The molecule has 1 aromatic heterocycles. The Hall–Kier alpha value is -2.05. The highest BCUT2D eigenvalue weighted by Gasteiger charge is 2.41. The van der Waals surface area contributed by atoms with Crippen molar-refractivity contribution in [2.45, 2.75) is 45.8 Å².